The van der Waals surface area contributed by atoms with Gasteiger partial charge in [0.05, 0.1) is 17.7 Å². The van der Waals surface area contributed by atoms with Crippen LogP contribution in [0, 0.1) is 6.92 Å². The predicted octanol–water partition coefficient (Wildman–Crippen LogP) is 3.17. The van der Waals surface area contributed by atoms with Gasteiger partial charge in [-0.1, -0.05) is 6.07 Å². The lowest BCUT2D eigenvalue weighted by atomic mass is 10.0. The van der Waals surface area contributed by atoms with Crippen LogP contribution in [0.25, 0.3) is 16.9 Å². The third-order valence-corrected chi connectivity index (χ3v) is 4.90. The van der Waals surface area contributed by atoms with Gasteiger partial charge in [0.25, 0.3) is 0 Å². The molecule has 0 amide bonds. The molecule has 2 aromatic heterocycles. The maximum Gasteiger partial charge on any atom is 0.0995 e. The molecule has 1 atom stereocenters. The number of imidazole rings is 1. The molecule has 0 spiro atoms. The quantitative estimate of drug-likeness (QED) is 0.787. The molecule has 1 aliphatic heterocycles. The zero-order chi connectivity index (χ0) is 17.9. The molecule has 1 fully saturated rings. The van der Waals surface area contributed by atoms with Gasteiger partial charge in [-0.15, -0.1) is 0 Å². The first-order valence-corrected chi connectivity index (χ1v) is 9.22. The van der Waals surface area contributed by atoms with Crippen molar-refractivity contribution in [3.63, 3.8) is 0 Å². The number of piperidine rings is 1. The summed E-state index contributed by atoms with van der Waals surface area (Å²) in [6, 6.07) is 13.0. The fraction of sp³-hybridized carbons (Fsp3) is 0.333. The number of nitrogens with zero attached hydrogens (tertiary/aromatic N) is 4. The van der Waals surface area contributed by atoms with E-state index in [1.54, 1.807) is 0 Å². The number of aryl methyl sites for hydroxylation is 1. The van der Waals surface area contributed by atoms with E-state index in [1.807, 2.05) is 31.6 Å². The van der Waals surface area contributed by atoms with Crippen LogP contribution in [-0.4, -0.2) is 38.6 Å². The van der Waals surface area contributed by atoms with Crippen molar-refractivity contribution in [1.29, 1.82) is 0 Å². The van der Waals surface area contributed by atoms with Crippen molar-refractivity contribution in [2.24, 2.45) is 5.73 Å². The summed E-state index contributed by atoms with van der Waals surface area (Å²) < 4.78 is 2.08. The summed E-state index contributed by atoms with van der Waals surface area (Å²) in [7, 11) is 0. The Morgan fingerprint density at radius 2 is 2.12 bits per heavy atom. The average Bonchev–Trinajstić information content (AvgIpc) is 3.09. The van der Waals surface area contributed by atoms with Gasteiger partial charge in [0.2, 0.25) is 0 Å². The van der Waals surface area contributed by atoms with Crippen LogP contribution < -0.4 is 5.73 Å². The summed E-state index contributed by atoms with van der Waals surface area (Å²) in [5.41, 5.74) is 11.7. The smallest absolute Gasteiger partial charge is 0.0995 e. The molecule has 26 heavy (non-hydrogen) atoms. The molecule has 1 saturated heterocycles. The molecule has 1 unspecified atom stereocenters. The molecule has 1 aromatic carbocycles. The van der Waals surface area contributed by atoms with Crippen molar-refractivity contribution >= 4 is 0 Å². The lowest BCUT2D eigenvalue weighted by molar-refractivity contribution is 0.201. The second kappa shape index (κ2) is 7.40. The van der Waals surface area contributed by atoms with Crippen molar-refractivity contribution in [3.05, 3.63) is 66.4 Å². The van der Waals surface area contributed by atoms with E-state index in [-0.39, 0.29) is 0 Å². The first kappa shape index (κ1) is 16.9. The summed E-state index contributed by atoms with van der Waals surface area (Å²) in [6.45, 7) is 5.00. The molecule has 5 nitrogen and oxygen atoms in total. The van der Waals surface area contributed by atoms with Crippen LogP contribution in [0.4, 0.5) is 0 Å². The van der Waals surface area contributed by atoms with Crippen molar-refractivity contribution in [2.75, 3.05) is 13.1 Å². The Balaban J connectivity index is 1.70. The second-order valence-electron chi connectivity index (χ2n) is 7.16. The van der Waals surface area contributed by atoms with Gasteiger partial charge in [-0.2, -0.15) is 0 Å². The molecule has 0 radical (unpaired) electrons. The molecular weight excluding hydrogens is 322 g/mol. The Morgan fingerprint density at radius 3 is 2.85 bits per heavy atom. The van der Waals surface area contributed by atoms with Crippen LogP contribution in [0.3, 0.4) is 0 Å². The number of hydrogen-bond donors (Lipinski definition) is 1. The molecule has 0 bridgehead atoms. The van der Waals surface area contributed by atoms with Gasteiger partial charge in [0.15, 0.2) is 0 Å². The van der Waals surface area contributed by atoms with Gasteiger partial charge in [0.1, 0.15) is 0 Å². The Kier molecular flexibility index (Phi) is 4.82. The first-order chi connectivity index (χ1) is 12.7. The van der Waals surface area contributed by atoms with Gasteiger partial charge in [-0.25, -0.2) is 4.98 Å². The van der Waals surface area contributed by atoms with E-state index in [4.69, 9.17) is 5.73 Å². The molecule has 2 N–H and O–H groups in total. The van der Waals surface area contributed by atoms with Gasteiger partial charge in [0, 0.05) is 42.8 Å². The van der Waals surface area contributed by atoms with E-state index in [0.717, 1.165) is 48.7 Å². The number of rotatable bonds is 4. The summed E-state index contributed by atoms with van der Waals surface area (Å²) in [5.74, 6) is 0. The molecule has 0 saturated carbocycles. The van der Waals surface area contributed by atoms with E-state index in [1.165, 1.54) is 12.0 Å². The van der Waals surface area contributed by atoms with Crippen LogP contribution in [0.1, 0.15) is 24.1 Å². The molecule has 0 aliphatic carbocycles. The SMILES string of the molecule is Cc1cn(-c2cc(CN3CCCC(N)C3)cc(-c3ccccn3)c2)cn1. The molecule has 1 aliphatic rings. The van der Waals surface area contributed by atoms with Gasteiger partial charge < -0.3 is 10.3 Å². The van der Waals surface area contributed by atoms with E-state index in [9.17, 15) is 0 Å². The monoisotopic (exact) mass is 347 g/mol. The highest BCUT2D eigenvalue weighted by Crippen LogP contribution is 2.24. The number of aromatic nitrogens is 3. The highest BCUT2D eigenvalue weighted by molar-refractivity contribution is 5.63. The van der Waals surface area contributed by atoms with E-state index in [2.05, 4.69) is 49.9 Å². The fourth-order valence-corrected chi connectivity index (χ4v) is 3.65. The number of benzene rings is 1. The van der Waals surface area contributed by atoms with Crippen molar-refractivity contribution in [3.8, 4) is 16.9 Å². The van der Waals surface area contributed by atoms with Gasteiger partial charge in [-0.05, 0) is 62.2 Å². The first-order valence-electron chi connectivity index (χ1n) is 9.22. The maximum absolute atomic E-state index is 6.16. The van der Waals surface area contributed by atoms with Crippen LogP contribution in [0.2, 0.25) is 0 Å². The largest absolute Gasteiger partial charge is 0.327 e. The third kappa shape index (κ3) is 3.84. The Bertz CT molecular complexity index is 871. The van der Waals surface area contributed by atoms with Crippen molar-refractivity contribution in [2.45, 2.75) is 32.4 Å². The number of likely N-dealkylation sites (tertiary alicyclic amines) is 1. The number of hydrogen-bond acceptors (Lipinski definition) is 4. The lowest BCUT2D eigenvalue weighted by Gasteiger charge is -2.30. The maximum atomic E-state index is 6.16. The number of nitrogens with two attached hydrogens (primary N) is 1. The standard InChI is InChI=1S/C21H25N5/c1-16-12-26(15-24-16)20-10-17(13-25-8-4-5-19(22)14-25)9-18(11-20)21-6-2-3-7-23-21/h2-3,6-7,9-12,15,19H,4-5,8,13-14,22H2,1H3. The van der Waals surface area contributed by atoms with Gasteiger partial charge in [-0.3, -0.25) is 9.88 Å². The third-order valence-electron chi connectivity index (χ3n) is 4.90. The average molecular weight is 347 g/mol. The topological polar surface area (TPSA) is 60.0 Å². The zero-order valence-corrected chi connectivity index (χ0v) is 15.2. The minimum absolute atomic E-state index is 0.290. The summed E-state index contributed by atoms with van der Waals surface area (Å²) in [6.07, 6.45) is 8.07. The fourth-order valence-electron chi connectivity index (χ4n) is 3.65. The molecular formula is C21H25N5. The molecule has 3 heterocycles. The van der Waals surface area contributed by atoms with E-state index < -0.39 is 0 Å². The van der Waals surface area contributed by atoms with Crippen molar-refractivity contribution in [1.82, 2.24) is 19.4 Å². The normalized spacial score (nSPS) is 18.2. The van der Waals surface area contributed by atoms with E-state index >= 15 is 0 Å². The van der Waals surface area contributed by atoms with Crippen LogP contribution in [0.15, 0.2) is 55.1 Å². The van der Waals surface area contributed by atoms with Crippen LogP contribution in [0.5, 0.6) is 0 Å². The Hall–Kier alpha value is -2.50. The molecule has 3 aromatic rings. The van der Waals surface area contributed by atoms with E-state index in [0.29, 0.717) is 6.04 Å². The highest BCUT2D eigenvalue weighted by Gasteiger charge is 2.17. The zero-order valence-electron chi connectivity index (χ0n) is 15.2. The summed E-state index contributed by atoms with van der Waals surface area (Å²) >= 11 is 0. The van der Waals surface area contributed by atoms with Gasteiger partial charge >= 0.3 is 0 Å². The van der Waals surface area contributed by atoms with Crippen molar-refractivity contribution < 1.29 is 0 Å². The Morgan fingerprint density at radius 1 is 1.19 bits per heavy atom. The predicted molar refractivity (Wildman–Crippen MR) is 104 cm³/mol. The second-order valence-corrected chi connectivity index (χ2v) is 7.16. The van der Waals surface area contributed by atoms with Crippen LogP contribution in [-0.2, 0) is 6.54 Å². The number of pyridine rings is 1. The molecule has 134 valence electrons. The Labute approximate surface area is 154 Å². The minimum Gasteiger partial charge on any atom is -0.327 e. The molecule has 4 rings (SSSR count). The summed E-state index contributed by atoms with van der Waals surface area (Å²) in [5, 5.41) is 0. The molecule has 5 heteroatoms. The lowest BCUT2D eigenvalue weighted by Crippen LogP contribution is -2.42. The van der Waals surface area contributed by atoms with Crippen LogP contribution >= 0.6 is 0 Å². The summed E-state index contributed by atoms with van der Waals surface area (Å²) in [4.78, 5) is 11.4. The highest BCUT2D eigenvalue weighted by atomic mass is 15.1. The minimum atomic E-state index is 0.290.